The number of phenolic OH excluding ortho intramolecular Hbond substituents is 2. The zero-order valence-electron chi connectivity index (χ0n) is 22.9. The van der Waals surface area contributed by atoms with Gasteiger partial charge in [0.2, 0.25) is 0 Å². The van der Waals surface area contributed by atoms with Crippen molar-refractivity contribution in [1.82, 2.24) is 0 Å². The van der Waals surface area contributed by atoms with E-state index in [4.69, 9.17) is 28.9 Å². The number of nitrogens with zero attached hydrogens (tertiary/aromatic N) is 2. The van der Waals surface area contributed by atoms with E-state index < -0.39 is 0 Å². The van der Waals surface area contributed by atoms with E-state index in [1.165, 1.54) is 0 Å². The maximum absolute atomic E-state index is 12.3. The number of aromatic hydroxyl groups is 2. The molecule has 0 aliphatic carbocycles. The molecule has 1 amide bonds. The van der Waals surface area contributed by atoms with Crippen molar-refractivity contribution in [3.63, 3.8) is 0 Å². The Morgan fingerprint density at radius 3 is 2.14 bits per heavy atom. The van der Waals surface area contributed by atoms with Gasteiger partial charge in [-0.2, -0.15) is 0 Å². The minimum absolute atomic E-state index is 0.0401. The normalized spacial score (nSPS) is 10.9. The average molecular weight is 623 g/mol. The molecule has 44 heavy (non-hydrogen) atoms. The van der Waals surface area contributed by atoms with E-state index in [0.29, 0.717) is 38.8 Å². The van der Waals surface area contributed by atoms with Crippen LogP contribution in [0.25, 0.3) is 21.5 Å². The molecule has 0 saturated heterocycles. The van der Waals surface area contributed by atoms with Crippen molar-refractivity contribution in [2.24, 2.45) is 10.2 Å². The molecule has 218 valence electrons. The summed E-state index contributed by atoms with van der Waals surface area (Å²) in [6, 6.07) is 31.3. The molecule has 0 fully saturated rings. The molecule has 0 bridgehead atoms. The zero-order chi connectivity index (χ0) is 31.2. The first kappa shape index (κ1) is 30.0. The quantitative estimate of drug-likeness (QED) is 0.0861. The fraction of sp³-hybridized carbons (Fsp3) is 0. The van der Waals surface area contributed by atoms with Gasteiger partial charge in [-0.15, -0.1) is 10.2 Å². The van der Waals surface area contributed by atoms with Crippen LogP contribution in [0.5, 0.6) is 11.5 Å². The summed E-state index contributed by atoms with van der Waals surface area (Å²) in [5.41, 5.74) is 7.83. The van der Waals surface area contributed by atoms with Crippen molar-refractivity contribution in [1.29, 1.82) is 0 Å². The van der Waals surface area contributed by atoms with Gasteiger partial charge in [-0.3, -0.25) is 9.59 Å². The second-order valence-electron chi connectivity index (χ2n) is 9.59. The van der Waals surface area contributed by atoms with Crippen LogP contribution in [-0.4, -0.2) is 22.4 Å². The van der Waals surface area contributed by atoms with E-state index in [1.807, 2.05) is 42.5 Å². The molecule has 6 aromatic carbocycles. The van der Waals surface area contributed by atoms with Crippen LogP contribution in [0, 0.1) is 0 Å². The van der Waals surface area contributed by atoms with Gasteiger partial charge in [0.15, 0.2) is 12.0 Å². The van der Waals surface area contributed by atoms with Crippen LogP contribution in [0.3, 0.4) is 0 Å². The molecule has 5 N–H and O–H groups in total. The first-order valence-corrected chi connectivity index (χ1v) is 13.9. The number of carbonyl (C=O) groups excluding carboxylic acids is 2. The summed E-state index contributed by atoms with van der Waals surface area (Å²) in [5.74, 6) is -0.620. The van der Waals surface area contributed by atoms with Crippen molar-refractivity contribution < 1.29 is 19.8 Å². The van der Waals surface area contributed by atoms with Crippen molar-refractivity contribution in [2.45, 2.75) is 0 Å². The fourth-order valence-electron chi connectivity index (χ4n) is 4.37. The van der Waals surface area contributed by atoms with Crippen LogP contribution in [0.1, 0.15) is 20.7 Å². The van der Waals surface area contributed by atoms with E-state index in [1.54, 1.807) is 66.7 Å². The Morgan fingerprint density at radius 2 is 1.43 bits per heavy atom. The Morgan fingerprint density at radius 1 is 0.773 bits per heavy atom. The standard InChI is InChI=1S/C17H10Cl2N2O2.C17H14N2O2/c18-12-5-6-14(19)15(8-12)20-21-16-13-4-2-1-3-10(13)7-11(9-22)17(16)23;18-13-5-7-14(8-6-13)19-17(21)15-9-11-3-1-2-4-12(11)10-16(15)20/h1-9,23H;1-10,20H,18H2,(H,19,21). The molecule has 8 nitrogen and oxygen atoms in total. The summed E-state index contributed by atoms with van der Waals surface area (Å²) in [5, 5.41) is 35.2. The van der Waals surface area contributed by atoms with Gasteiger partial charge in [-0.1, -0.05) is 71.7 Å². The number of hydrogen-bond donors (Lipinski definition) is 4. The number of phenols is 2. The summed E-state index contributed by atoms with van der Waals surface area (Å²) in [6.07, 6.45) is 0.577. The van der Waals surface area contributed by atoms with Crippen LogP contribution in [-0.2, 0) is 0 Å². The van der Waals surface area contributed by atoms with Gasteiger partial charge in [0.1, 0.15) is 17.1 Å². The maximum Gasteiger partial charge on any atom is 0.259 e. The summed E-state index contributed by atoms with van der Waals surface area (Å²) in [6.45, 7) is 0. The molecule has 0 unspecified atom stereocenters. The third-order valence-electron chi connectivity index (χ3n) is 6.59. The summed E-state index contributed by atoms with van der Waals surface area (Å²) < 4.78 is 0. The highest BCUT2D eigenvalue weighted by Crippen LogP contribution is 2.39. The molecule has 0 saturated carbocycles. The molecule has 0 radical (unpaired) electrons. The van der Waals surface area contributed by atoms with Crippen molar-refractivity contribution >= 4 is 79.7 Å². The van der Waals surface area contributed by atoms with Gasteiger partial charge >= 0.3 is 0 Å². The third kappa shape index (κ3) is 6.78. The number of rotatable bonds is 5. The Bertz CT molecular complexity index is 2050. The molecule has 0 aliphatic heterocycles. The lowest BCUT2D eigenvalue weighted by molar-refractivity contribution is 0.102. The molecule has 0 heterocycles. The van der Waals surface area contributed by atoms with Gasteiger partial charge in [0.25, 0.3) is 5.91 Å². The summed E-state index contributed by atoms with van der Waals surface area (Å²) >= 11 is 12.0. The van der Waals surface area contributed by atoms with E-state index in [2.05, 4.69) is 15.5 Å². The number of carbonyl (C=O) groups is 2. The van der Waals surface area contributed by atoms with Crippen molar-refractivity contribution in [3.05, 3.63) is 130 Å². The Labute approximate surface area is 262 Å². The molecule has 0 spiro atoms. The van der Waals surface area contributed by atoms with E-state index >= 15 is 0 Å². The number of nitrogens with two attached hydrogens (primary N) is 1. The highest BCUT2D eigenvalue weighted by Gasteiger charge is 2.14. The van der Waals surface area contributed by atoms with Gasteiger partial charge < -0.3 is 21.3 Å². The smallest absolute Gasteiger partial charge is 0.259 e. The Kier molecular flexibility index (Phi) is 9.04. The van der Waals surface area contributed by atoms with Gasteiger partial charge in [-0.25, -0.2) is 0 Å². The number of halogens is 2. The molecule has 10 heteroatoms. The monoisotopic (exact) mass is 622 g/mol. The first-order valence-electron chi connectivity index (χ1n) is 13.2. The van der Waals surface area contributed by atoms with Gasteiger partial charge in [0.05, 0.1) is 16.1 Å². The number of hydrogen-bond acceptors (Lipinski definition) is 7. The average Bonchev–Trinajstić information content (AvgIpc) is 3.03. The molecular weight excluding hydrogens is 599 g/mol. The number of nitrogen functional groups attached to an aromatic ring is 1. The lowest BCUT2D eigenvalue weighted by Gasteiger charge is -2.08. The fourth-order valence-corrected chi connectivity index (χ4v) is 4.69. The van der Waals surface area contributed by atoms with E-state index in [0.717, 1.165) is 16.2 Å². The number of azo groups is 1. The van der Waals surface area contributed by atoms with Gasteiger partial charge in [0, 0.05) is 21.8 Å². The topological polar surface area (TPSA) is 137 Å². The number of nitrogens with one attached hydrogen (secondary N) is 1. The minimum atomic E-state index is -0.358. The third-order valence-corrected chi connectivity index (χ3v) is 7.15. The second kappa shape index (κ2) is 13.2. The van der Waals surface area contributed by atoms with Crippen LogP contribution in [0.2, 0.25) is 10.0 Å². The number of benzene rings is 6. The van der Waals surface area contributed by atoms with Crippen LogP contribution >= 0.6 is 23.2 Å². The highest BCUT2D eigenvalue weighted by atomic mass is 35.5. The summed E-state index contributed by atoms with van der Waals surface area (Å²) in [4.78, 5) is 23.4. The van der Waals surface area contributed by atoms with E-state index in [-0.39, 0.29) is 34.2 Å². The van der Waals surface area contributed by atoms with Crippen molar-refractivity contribution in [2.75, 3.05) is 11.1 Å². The molecular formula is C34H24Cl2N4O4. The van der Waals surface area contributed by atoms with E-state index in [9.17, 15) is 19.8 Å². The number of anilines is 2. The van der Waals surface area contributed by atoms with Crippen molar-refractivity contribution in [3.8, 4) is 11.5 Å². The number of fused-ring (bicyclic) bond motifs is 2. The Hall–Kier alpha value is -5.44. The van der Waals surface area contributed by atoms with Crippen LogP contribution < -0.4 is 11.1 Å². The maximum atomic E-state index is 12.3. The minimum Gasteiger partial charge on any atom is -0.507 e. The van der Waals surface area contributed by atoms with Crippen LogP contribution in [0.15, 0.2) is 119 Å². The second-order valence-corrected chi connectivity index (χ2v) is 10.4. The zero-order valence-corrected chi connectivity index (χ0v) is 24.4. The van der Waals surface area contributed by atoms with Crippen LogP contribution in [0.4, 0.5) is 22.7 Å². The first-order chi connectivity index (χ1) is 21.2. The summed E-state index contributed by atoms with van der Waals surface area (Å²) in [7, 11) is 0. The predicted octanol–water partition coefficient (Wildman–Crippen LogP) is 9.46. The lowest BCUT2D eigenvalue weighted by Crippen LogP contribution is -2.12. The number of aldehydes is 1. The molecule has 0 aliphatic rings. The molecule has 6 aromatic rings. The van der Waals surface area contributed by atoms with Gasteiger partial charge in [-0.05, 0) is 76.8 Å². The Balaban J connectivity index is 0.000000175. The molecule has 0 aromatic heterocycles. The molecule has 0 atom stereocenters. The number of amides is 1. The molecule has 6 rings (SSSR count). The largest absolute Gasteiger partial charge is 0.507 e. The SMILES string of the molecule is Nc1ccc(NC(=O)c2cc3ccccc3cc2O)cc1.O=Cc1cc2ccccc2c(N=Nc2cc(Cl)ccc2Cl)c1O. The highest BCUT2D eigenvalue weighted by molar-refractivity contribution is 6.35. The predicted molar refractivity (Wildman–Crippen MR) is 176 cm³/mol. The lowest BCUT2D eigenvalue weighted by atomic mass is 10.0.